The molecular formula is C20H32O4. The van der Waals surface area contributed by atoms with Crippen molar-refractivity contribution >= 4 is 5.97 Å². The molecule has 2 fully saturated rings. The number of carboxylic acid groups (broad SMARTS) is 1. The van der Waals surface area contributed by atoms with E-state index in [9.17, 15) is 15.0 Å². The van der Waals surface area contributed by atoms with Gasteiger partial charge < -0.3 is 15.3 Å². The van der Waals surface area contributed by atoms with Gasteiger partial charge in [0, 0.05) is 5.92 Å². The minimum atomic E-state index is -0.874. The Balaban J connectivity index is 2.33. The molecule has 2 rings (SSSR count). The zero-order valence-electron chi connectivity index (χ0n) is 15.2. The van der Waals surface area contributed by atoms with Crippen LogP contribution in [0.15, 0.2) is 23.8 Å². The van der Waals surface area contributed by atoms with E-state index in [1.54, 1.807) is 0 Å². The van der Waals surface area contributed by atoms with E-state index in [4.69, 9.17) is 5.11 Å². The normalized spacial score (nSPS) is 40.3. The first-order chi connectivity index (χ1) is 11.2. The second kappa shape index (κ2) is 7.01. The lowest BCUT2D eigenvalue weighted by molar-refractivity contribution is -0.177. The van der Waals surface area contributed by atoms with Gasteiger partial charge in [-0.05, 0) is 57.3 Å². The molecule has 0 aromatic carbocycles. The molecule has 2 saturated carbocycles. The highest BCUT2D eigenvalue weighted by molar-refractivity contribution is 5.75. The van der Waals surface area contributed by atoms with E-state index in [-0.39, 0.29) is 23.9 Å². The van der Waals surface area contributed by atoms with Gasteiger partial charge >= 0.3 is 5.97 Å². The fraction of sp³-hybridized carbons (Fsp3) is 0.750. The van der Waals surface area contributed by atoms with Crippen LogP contribution in [0.5, 0.6) is 0 Å². The highest BCUT2D eigenvalue weighted by Crippen LogP contribution is 2.62. The lowest BCUT2D eigenvalue weighted by atomic mass is 9.45. The fourth-order valence-electron chi connectivity index (χ4n) is 5.53. The molecule has 2 aliphatic rings. The maximum Gasteiger partial charge on any atom is 0.309 e. The van der Waals surface area contributed by atoms with E-state index in [0.29, 0.717) is 12.8 Å². The second-order valence-corrected chi connectivity index (χ2v) is 8.31. The second-order valence-electron chi connectivity index (χ2n) is 8.31. The molecule has 0 aliphatic heterocycles. The Labute approximate surface area is 145 Å². The van der Waals surface area contributed by atoms with Crippen molar-refractivity contribution in [3.8, 4) is 0 Å². The number of aliphatic hydroxyl groups excluding tert-OH is 2. The lowest BCUT2D eigenvalue weighted by Crippen LogP contribution is -2.58. The van der Waals surface area contributed by atoms with Gasteiger partial charge in [0.15, 0.2) is 0 Å². The summed E-state index contributed by atoms with van der Waals surface area (Å²) in [4.78, 5) is 12.0. The van der Waals surface area contributed by atoms with Crippen LogP contribution in [0, 0.1) is 22.7 Å². The van der Waals surface area contributed by atoms with Crippen molar-refractivity contribution in [3.63, 3.8) is 0 Å². The summed E-state index contributed by atoms with van der Waals surface area (Å²) >= 11 is 0. The van der Waals surface area contributed by atoms with Crippen LogP contribution < -0.4 is 0 Å². The number of hydrogen-bond acceptors (Lipinski definition) is 3. The number of aliphatic hydroxyl groups is 2. The number of carbonyl (C=O) groups is 1. The van der Waals surface area contributed by atoms with Crippen molar-refractivity contribution < 1.29 is 20.1 Å². The third-order valence-corrected chi connectivity index (χ3v) is 6.71. The van der Waals surface area contributed by atoms with E-state index < -0.39 is 17.5 Å². The summed E-state index contributed by atoms with van der Waals surface area (Å²) in [6.07, 6.45) is 5.89. The summed E-state index contributed by atoms with van der Waals surface area (Å²) in [6, 6.07) is 0. The van der Waals surface area contributed by atoms with E-state index in [1.165, 1.54) is 0 Å². The van der Waals surface area contributed by atoms with Crippen LogP contribution in [0.4, 0.5) is 0 Å². The van der Waals surface area contributed by atoms with Crippen LogP contribution in [-0.2, 0) is 4.79 Å². The Morgan fingerprint density at radius 2 is 2.04 bits per heavy atom. The average molecular weight is 336 g/mol. The summed E-state index contributed by atoms with van der Waals surface area (Å²) in [5.74, 6) is -0.819. The first kappa shape index (κ1) is 19.2. The highest BCUT2D eigenvalue weighted by Gasteiger charge is 2.60. The topological polar surface area (TPSA) is 77.8 Å². The van der Waals surface area contributed by atoms with Gasteiger partial charge in [0.05, 0.1) is 18.1 Å². The molecule has 0 radical (unpaired) electrons. The number of fused-ring (bicyclic) bond motifs is 1. The van der Waals surface area contributed by atoms with Crippen molar-refractivity contribution in [2.45, 2.75) is 65.4 Å². The quantitative estimate of drug-likeness (QED) is 0.671. The zero-order valence-corrected chi connectivity index (χ0v) is 15.2. The largest absolute Gasteiger partial charge is 0.481 e. The van der Waals surface area contributed by atoms with Gasteiger partial charge in [-0.25, -0.2) is 0 Å². The highest BCUT2D eigenvalue weighted by atomic mass is 16.4. The van der Waals surface area contributed by atoms with Crippen molar-refractivity contribution in [2.24, 2.45) is 22.7 Å². The van der Waals surface area contributed by atoms with E-state index in [1.807, 2.05) is 19.9 Å². The minimum absolute atomic E-state index is 0.0487. The molecule has 4 heteroatoms. The smallest absolute Gasteiger partial charge is 0.309 e. The molecule has 0 spiro atoms. The van der Waals surface area contributed by atoms with E-state index in [2.05, 4.69) is 13.5 Å². The van der Waals surface area contributed by atoms with Crippen LogP contribution in [0.25, 0.3) is 0 Å². The Morgan fingerprint density at radius 3 is 2.62 bits per heavy atom. The van der Waals surface area contributed by atoms with E-state index in [0.717, 1.165) is 36.8 Å². The third kappa shape index (κ3) is 3.18. The Kier molecular flexibility index (Phi) is 5.61. The maximum atomic E-state index is 12.0. The summed E-state index contributed by atoms with van der Waals surface area (Å²) < 4.78 is 0. The van der Waals surface area contributed by atoms with Gasteiger partial charge in [-0.3, -0.25) is 4.79 Å². The van der Waals surface area contributed by atoms with Gasteiger partial charge in [0.2, 0.25) is 0 Å². The molecule has 3 N–H and O–H groups in total. The predicted molar refractivity (Wildman–Crippen MR) is 94.5 cm³/mol. The van der Waals surface area contributed by atoms with Crippen LogP contribution in [-0.4, -0.2) is 34.0 Å². The Hall–Kier alpha value is -1.13. The maximum absolute atomic E-state index is 12.0. The number of aliphatic carboxylic acids is 1. The van der Waals surface area contributed by atoms with Crippen molar-refractivity contribution in [1.29, 1.82) is 0 Å². The minimum Gasteiger partial charge on any atom is -0.481 e. The molecule has 0 aromatic heterocycles. The molecule has 24 heavy (non-hydrogen) atoms. The zero-order chi connectivity index (χ0) is 18.1. The molecule has 0 aromatic rings. The fourth-order valence-corrected chi connectivity index (χ4v) is 5.53. The first-order valence-corrected chi connectivity index (χ1v) is 9.02. The standard InChI is InChI=1S/C20H32O4/c1-13(8-11-21)6-7-15-14(2)12-16(22)17-19(15,3)9-5-10-20(17,4)18(23)24/h8,15-17,21-22H,2,5-7,9-12H2,1,3-4H3,(H,23,24)/b13-8+/t15-,16+,17+,19+,20-/m0/s1. The van der Waals surface area contributed by atoms with Gasteiger partial charge in [-0.15, -0.1) is 0 Å². The van der Waals surface area contributed by atoms with Crippen molar-refractivity contribution in [1.82, 2.24) is 0 Å². The molecule has 0 unspecified atom stereocenters. The molecule has 4 nitrogen and oxygen atoms in total. The third-order valence-electron chi connectivity index (χ3n) is 6.71. The van der Waals surface area contributed by atoms with Crippen LogP contribution >= 0.6 is 0 Å². The molecular weight excluding hydrogens is 304 g/mol. The molecule has 0 saturated heterocycles. The van der Waals surface area contributed by atoms with Gasteiger partial charge in [-0.2, -0.15) is 0 Å². The summed E-state index contributed by atoms with van der Waals surface area (Å²) in [7, 11) is 0. The number of carboxylic acids is 1. The van der Waals surface area contributed by atoms with Crippen LogP contribution in [0.3, 0.4) is 0 Å². The molecule has 0 bridgehead atoms. The Morgan fingerprint density at radius 1 is 1.38 bits per heavy atom. The van der Waals surface area contributed by atoms with E-state index >= 15 is 0 Å². The summed E-state index contributed by atoms with van der Waals surface area (Å²) in [5, 5.41) is 29.6. The number of rotatable bonds is 5. The van der Waals surface area contributed by atoms with Gasteiger partial charge in [0.25, 0.3) is 0 Å². The van der Waals surface area contributed by atoms with Gasteiger partial charge in [-0.1, -0.05) is 37.1 Å². The first-order valence-electron chi connectivity index (χ1n) is 9.02. The summed E-state index contributed by atoms with van der Waals surface area (Å²) in [6.45, 7) is 10.2. The monoisotopic (exact) mass is 336 g/mol. The number of allylic oxidation sites excluding steroid dienone is 1. The lowest BCUT2D eigenvalue weighted by Gasteiger charge is -2.59. The summed E-state index contributed by atoms with van der Waals surface area (Å²) in [5.41, 5.74) is 1.09. The van der Waals surface area contributed by atoms with Crippen LogP contribution in [0.2, 0.25) is 0 Å². The average Bonchev–Trinajstić information content (AvgIpc) is 2.46. The molecule has 2 aliphatic carbocycles. The van der Waals surface area contributed by atoms with Gasteiger partial charge in [0.1, 0.15) is 0 Å². The molecule has 136 valence electrons. The number of hydrogen-bond donors (Lipinski definition) is 3. The predicted octanol–water partition coefficient (Wildman–Crippen LogP) is 3.54. The Bertz CT molecular complexity index is 538. The molecule has 0 amide bonds. The molecule has 0 heterocycles. The van der Waals surface area contributed by atoms with Crippen LogP contribution in [0.1, 0.15) is 59.3 Å². The van der Waals surface area contributed by atoms with Crippen molar-refractivity contribution in [3.05, 3.63) is 23.8 Å². The van der Waals surface area contributed by atoms with Crippen molar-refractivity contribution in [2.75, 3.05) is 6.61 Å². The molecule has 5 atom stereocenters. The SMILES string of the molecule is C=C1C[C@@H](O)[C@@H]2[C@](C)(CCC[C@]2(C)C(=O)O)[C@H]1CC/C(C)=C/CO.